The van der Waals surface area contributed by atoms with Crippen LogP contribution in [0.25, 0.3) is 6.08 Å². The van der Waals surface area contributed by atoms with E-state index in [1.807, 2.05) is 30.3 Å². The maximum absolute atomic E-state index is 12.2. The molecule has 0 aliphatic heterocycles. The van der Waals surface area contributed by atoms with Gasteiger partial charge in [0.15, 0.2) is 5.13 Å². The van der Waals surface area contributed by atoms with E-state index in [4.69, 9.17) is 0 Å². The molecule has 0 unspecified atom stereocenters. The second kappa shape index (κ2) is 10.8. The number of benzene rings is 2. The van der Waals surface area contributed by atoms with Crippen LogP contribution in [0.1, 0.15) is 18.2 Å². The van der Waals surface area contributed by atoms with E-state index in [2.05, 4.69) is 15.0 Å². The molecule has 2 amide bonds. The summed E-state index contributed by atoms with van der Waals surface area (Å²) in [6.45, 7) is 1.76. The third kappa shape index (κ3) is 7.46. The molecule has 2 aromatic carbocycles. The van der Waals surface area contributed by atoms with Crippen LogP contribution in [-0.2, 0) is 16.0 Å². The number of para-hydroxylation sites is 1. The highest BCUT2D eigenvalue weighted by atomic mass is 32.1. The van der Waals surface area contributed by atoms with E-state index in [0.29, 0.717) is 29.5 Å². The molecule has 10 heteroatoms. The molecule has 0 saturated heterocycles. The van der Waals surface area contributed by atoms with E-state index in [1.165, 1.54) is 53.5 Å². The fourth-order valence-corrected chi connectivity index (χ4v) is 3.72. The van der Waals surface area contributed by atoms with Crippen LogP contribution in [0.4, 0.5) is 24.0 Å². The number of amides is 2. The monoisotopic (exact) mass is 475 g/mol. The summed E-state index contributed by atoms with van der Waals surface area (Å²) in [5, 5.41) is 4.93. The van der Waals surface area contributed by atoms with Gasteiger partial charge in [-0.15, -0.1) is 24.5 Å². The molecule has 1 heterocycles. The molecule has 0 aliphatic carbocycles. The van der Waals surface area contributed by atoms with Crippen molar-refractivity contribution in [1.82, 2.24) is 10.3 Å². The molecule has 172 valence electrons. The lowest BCUT2D eigenvalue weighted by Gasteiger charge is -2.17. The van der Waals surface area contributed by atoms with Crippen LogP contribution in [0.15, 0.2) is 66.1 Å². The molecule has 33 heavy (non-hydrogen) atoms. The maximum Gasteiger partial charge on any atom is 0.573 e. The summed E-state index contributed by atoms with van der Waals surface area (Å²) in [5.41, 5.74) is 1.99. The number of ether oxygens (including phenoxy) is 1. The summed E-state index contributed by atoms with van der Waals surface area (Å²) in [5.74, 6) is -0.814. The number of nitrogens with zero attached hydrogens (tertiary/aromatic N) is 2. The number of carbonyl (C=O) groups excluding carboxylic acids is 2. The fourth-order valence-electron chi connectivity index (χ4n) is 2.87. The number of hydrogen-bond donors (Lipinski definition) is 1. The number of nitrogens with one attached hydrogen (secondary N) is 1. The number of aromatic nitrogens is 1. The van der Waals surface area contributed by atoms with Crippen LogP contribution >= 0.6 is 11.3 Å². The lowest BCUT2D eigenvalue weighted by molar-refractivity contribution is -0.274. The van der Waals surface area contributed by atoms with Gasteiger partial charge >= 0.3 is 6.36 Å². The Hall–Kier alpha value is -3.66. The molecule has 0 spiro atoms. The molecule has 6 nitrogen and oxygen atoms in total. The van der Waals surface area contributed by atoms with Crippen molar-refractivity contribution in [2.45, 2.75) is 19.7 Å². The summed E-state index contributed by atoms with van der Waals surface area (Å²) in [6, 6.07) is 14.6. The summed E-state index contributed by atoms with van der Waals surface area (Å²) >= 11 is 1.28. The van der Waals surface area contributed by atoms with E-state index in [9.17, 15) is 22.8 Å². The van der Waals surface area contributed by atoms with Crippen LogP contribution in [0.2, 0.25) is 0 Å². The second-order valence-corrected chi connectivity index (χ2v) is 7.65. The lowest BCUT2D eigenvalue weighted by atomic mass is 10.1. The number of halogens is 3. The Morgan fingerprint density at radius 3 is 2.45 bits per heavy atom. The molecule has 3 aromatic rings. The fraction of sp³-hybridized carbons (Fsp3) is 0.174. The van der Waals surface area contributed by atoms with Gasteiger partial charge in [-0.1, -0.05) is 30.3 Å². The minimum atomic E-state index is -4.73. The Bertz CT molecular complexity index is 1110. The van der Waals surface area contributed by atoms with Crippen LogP contribution in [-0.4, -0.2) is 29.7 Å². The number of anilines is 2. The number of alkyl halides is 3. The van der Waals surface area contributed by atoms with E-state index < -0.39 is 6.36 Å². The molecule has 1 N–H and O–H groups in total. The minimum Gasteiger partial charge on any atom is -0.406 e. The average Bonchev–Trinajstić information content (AvgIpc) is 3.21. The molecular formula is C23H20F3N3O3S. The summed E-state index contributed by atoms with van der Waals surface area (Å²) < 4.78 is 40.4. The maximum atomic E-state index is 12.2. The second-order valence-electron chi connectivity index (χ2n) is 6.81. The van der Waals surface area contributed by atoms with E-state index >= 15 is 0 Å². The summed E-state index contributed by atoms with van der Waals surface area (Å²) in [4.78, 5) is 30.0. The van der Waals surface area contributed by atoms with Gasteiger partial charge in [0.1, 0.15) is 5.75 Å². The van der Waals surface area contributed by atoms with E-state index in [1.54, 1.807) is 11.5 Å². The van der Waals surface area contributed by atoms with Gasteiger partial charge in [0, 0.05) is 24.9 Å². The van der Waals surface area contributed by atoms with Crippen molar-refractivity contribution in [3.05, 3.63) is 77.3 Å². The van der Waals surface area contributed by atoms with Gasteiger partial charge in [-0.05, 0) is 42.3 Å². The number of hydrogen-bond acceptors (Lipinski definition) is 5. The highest BCUT2D eigenvalue weighted by Crippen LogP contribution is 2.29. The van der Waals surface area contributed by atoms with Crippen molar-refractivity contribution < 1.29 is 27.5 Å². The standard InChI is InChI=1S/C23H20F3N3O3S/c1-16(30)29(19-5-3-2-4-6-19)22-28-18(15-33-22)9-12-21(31)27-14-13-17-7-10-20(11-8-17)32-23(24,25)26/h2-12,15H,13-14H2,1H3,(H,27,31)/b12-9+. The minimum absolute atomic E-state index is 0.179. The molecule has 0 radical (unpaired) electrons. The Balaban J connectivity index is 1.51. The zero-order valence-electron chi connectivity index (χ0n) is 17.5. The van der Waals surface area contributed by atoms with Gasteiger partial charge in [0.25, 0.3) is 0 Å². The number of thiazole rings is 1. The largest absolute Gasteiger partial charge is 0.573 e. The first-order chi connectivity index (χ1) is 15.7. The van der Waals surface area contributed by atoms with Crippen LogP contribution in [0.3, 0.4) is 0 Å². The van der Waals surface area contributed by atoms with Crippen LogP contribution in [0.5, 0.6) is 5.75 Å². The highest BCUT2D eigenvalue weighted by Gasteiger charge is 2.30. The third-order valence-electron chi connectivity index (χ3n) is 4.31. The molecule has 0 saturated carbocycles. The number of rotatable bonds is 8. The van der Waals surface area contributed by atoms with Gasteiger partial charge in [-0.2, -0.15) is 0 Å². The third-order valence-corrected chi connectivity index (χ3v) is 5.15. The SMILES string of the molecule is CC(=O)N(c1ccccc1)c1nc(/C=C/C(=O)NCCc2ccc(OC(F)(F)F)cc2)cs1. The van der Waals surface area contributed by atoms with Gasteiger partial charge < -0.3 is 10.1 Å². The van der Waals surface area contributed by atoms with Gasteiger partial charge in [-0.3, -0.25) is 14.5 Å². The quantitative estimate of drug-likeness (QED) is 0.460. The Morgan fingerprint density at radius 2 is 1.82 bits per heavy atom. The molecule has 1 aromatic heterocycles. The summed E-state index contributed by atoms with van der Waals surface area (Å²) in [6.07, 6.45) is -1.41. The smallest absolute Gasteiger partial charge is 0.406 e. The Morgan fingerprint density at radius 1 is 1.12 bits per heavy atom. The average molecular weight is 475 g/mol. The Kier molecular flexibility index (Phi) is 7.83. The van der Waals surface area contributed by atoms with Gasteiger partial charge in [-0.25, -0.2) is 4.98 Å². The topological polar surface area (TPSA) is 71.5 Å². The molecular weight excluding hydrogens is 455 g/mol. The first kappa shape index (κ1) is 24.0. The zero-order valence-corrected chi connectivity index (χ0v) is 18.3. The highest BCUT2D eigenvalue weighted by molar-refractivity contribution is 7.14. The van der Waals surface area contributed by atoms with Crippen molar-refractivity contribution in [2.75, 3.05) is 11.4 Å². The zero-order chi connectivity index (χ0) is 23.8. The van der Waals surface area contributed by atoms with Crippen LogP contribution in [0, 0.1) is 0 Å². The lowest BCUT2D eigenvalue weighted by Crippen LogP contribution is -2.23. The van der Waals surface area contributed by atoms with Crippen molar-refractivity contribution in [1.29, 1.82) is 0 Å². The molecule has 0 atom stereocenters. The van der Waals surface area contributed by atoms with E-state index in [-0.39, 0.29) is 17.6 Å². The van der Waals surface area contributed by atoms with Gasteiger partial charge in [0.2, 0.25) is 11.8 Å². The first-order valence-corrected chi connectivity index (χ1v) is 10.7. The predicted molar refractivity (Wildman–Crippen MR) is 120 cm³/mol. The van der Waals surface area contributed by atoms with Crippen LogP contribution < -0.4 is 15.0 Å². The molecule has 0 fully saturated rings. The molecule has 0 bridgehead atoms. The van der Waals surface area contributed by atoms with E-state index in [0.717, 1.165) is 5.56 Å². The molecule has 0 aliphatic rings. The molecule has 3 rings (SSSR count). The first-order valence-electron chi connectivity index (χ1n) is 9.83. The van der Waals surface area contributed by atoms with Gasteiger partial charge in [0.05, 0.1) is 11.4 Å². The van der Waals surface area contributed by atoms with Crippen molar-refractivity contribution >= 4 is 40.0 Å². The number of carbonyl (C=O) groups is 2. The predicted octanol–water partition coefficient (Wildman–Crippen LogP) is 5.10. The normalized spacial score (nSPS) is 11.4. The van der Waals surface area contributed by atoms with Crippen molar-refractivity contribution in [2.24, 2.45) is 0 Å². The summed E-state index contributed by atoms with van der Waals surface area (Å²) in [7, 11) is 0. The van der Waals surface area contributed by atoms with Crippen molar-refractivity contribution in [3.63, 3.8) is 0 Å². The Labute approximate surface area is 192 Å². The van der Waals surface area contributed by atoms with Crippen molar-refractivity contribution in [3.8, 4) is 5.75 Å².